The Labute approximate surface area is 108 Å². The molecule has 3 rings (SSSR count). The Morgan fingerprint density at radius 3 is 3.00 bits per heavy atom. The van der Waals surface area contributed by atoms with E-state index in [-0.39, 0.29) is 11.4 Å². The number of amides is 1. The smallest absolute Gasteiger partial charge is 0.248 e. The van der Waals surface area contributed by atoms with Crippen molar-refractivity contribution in [1.29, 1.82) is 0 Å². The average molecular weight is 244 g/mol. The van der Waals surface area contributed by atoms with Gasteiger partial charge in [0.1, 0.15) is 0 Å². The first-order chi connectivity index (χ1) is 8.63. The first-order valence-corrected chi connectivity index (χ1v) is 6.77. The van der Waals surface area contributed by atoms with Gasteiger partial charge in [0.05, 0.1) is 0 Å². The van der Waals surface area contributed by atoms with E-state index in [1.807, 2.05) is 12.1 Å². The summed E-state index contributed by atoms with van der Waals surface area (Å²) in [5.41, 5.74) is 7.43. The van der Waals surface area contributed by atoms with Crippen molar-refractivity contribution in [1.82, 2.24) is 4.90 Å². The van der Waals surface area contributed by atoms with Gasteiger partial charge < -0.3 is 5.73 Å². The van der Waals surface area contributed by atoms with E-state index < -0.39 is 0 Å². The summed E-state index contributed by atoms with van der Waals surface area (Å²) in [6.07, 6.45) is 6.28. The van der Waals surface area contributed by atoms with Crippen LogP contribution in [0.15, 0.2) is 24.3 Å². The molecule has 96 valence electrons. The number of rotatable bonds is 2. The molecule has 0 saturated carbocycles. The van der Waals surface area contributed by atoms with E-state index in [0.29, 0.717) is 5.56 Å². The number of hydrogen-bond acceptors (Lipinski definition) is 2. The molecule has 2 saturated heterocycles. The average Bonchev–Trinajstić information content (AvgIpc) is 2.59. The number of primary amides is 1. The van der Waals surface area contributed by atoms with Gasteiger partial charge in [-0.1, -0.05) is 12.1 Å². The van der Waals surface area contributed by atoms with Gasteiger partial charge in [0.2, 0.25) is 5.91 Å². The third kappa shape index (κ3) is 1.57. The van der Waals surface area contributed by atoms with Crippen molar-refractivity contribution in [2.45, 2.75) is 43.7 Å². The van der Waals surface area contributed by atoms with Gasteiger partial charge in [0.25, 0.3) is 0 Å². The standard InChI is InChI=1S/C15H20N2O/c1-17-13-6-3-8-15(17,9-7-13)12-5-2-4-11(10-12)14(16)18/h2,4-5,10,13H,3,6-9H2,1H3,(H2,16,18). The Balaban J connectivity index is 2.03. The summed E-state index contributed by atoms with van der Waals surface area (Å²) in [5.74, 6) is -0.332. The van der Waals surface area contributed by atoms with Gasteiger partial charge >= 0.3 is 0 Å². The SMILES string of the molecule is CN1C2CCCC1(c1cccc(C(N)=O)c1)CC2. The zero-order valence-corrected chi connectivity index (χ0v) is 10.9. The van der Waals surface area contributed by atoms with E-state index in [2.05, 4.69) is 18.0 Å². The van der Waals surface area contributed by atoms with Crippen LogP contribution in [0.25, 0.3) is 0 Å². The van der Waals surface area contributed by atoms with E-state index in [0.717, 1.165) is 6.04 Å². The fourth-order valence-corrected chi connectivity index (χ4v) is 3.85. The lowest BCUT2D eigenvalue weighted by Gasteiger charge is -2.43. The summed E-state index contributed by atoms with van der Waals surface area (Å²) >= 11 is 0. The minimum absolute atomic E-state index is 0.147. The number of nitrogens with two attached hydrogens (primary N) is 1. The molecular weight excluding hydrogens is 224 g/mol. The molecule has 1 aromatic carbocycles. The zero-order chi connectivity index (χ0) is 12.8. The van der Waals surface area contributed by atoms with Crippen molar-refractivity contribution < 1.29 is 4.79 Å². The minimum atomic E-state index is -0.332. The van der Waals surface area contributed by atoms with Crippen LogP contribution >= 0.6 is 0 Å². The van der Waals surface area contributed by atoms with Crippen molar-refractivity contribution in [3.8, 4) is 0 Å². The number of benzene rings is 1. The van der Waals surface area contributed by atoms with Crippen LogP contribution in [0, 0.1) is 0 Å². The highest BCUT2D eigenvalue weighted by molar-refractivity contribution is 5.92. The zero-order valence-electron chi connectivity index (χ0n) is 10.9. The number of fused-ring (bicyclic) bond motifs is 2. The molecule has 1 amide bonds. The molecule has 2 N–H and O–H groups in total. The maximum absolute atomic E-state index is 11.3. The molecule has 2 fully saturated rings. The monoisotopic (exact) mass is 244 g/mol. The van der Waals surface area contributed by atoms with Crippen LogP contribution in [-0.4, -0.2) is 23.9 Å². The fraction of sp³-hybridized carbons (Fsp3) is 0.533. The van der Waals surface area contributed by atoms with Gasteiger partial charge in [-0.2, -0.15) is 0 Å². The topological polar surface area (TPSA) is 46.3 Å². The molecule has 2 heterocycles. The van der Waals surface area contributed by atoms with Crippen LogP contribution < -0.4 is 5.73 Å². The van der Waals surface area contributed by atoms with Crippen LogP contribution in [0.4, 0.5) is 0 Å². The molecule has 0 radical (unpaired) electrons. The van der Waals surface area contributed by atoms with Crippen LogP contribution in [0.2, 0.25) is 0 Å². The third-order valence-corrected chi connectivity index (χ3v) is 4.93. The molecule has 0 aliphatic carbocycles. The molecule has 3 heteroatoms. The maximum Gasteiger partial charge on any atom is 0.248 e. The van der Waals surface area contributed by atoms with Crippen molar-refractivity contribution in [2.24, 2.45) is 5.73 Å². The van der Waals surface area contributed by atoms with E-state index >= 15 is 0 Å². The van der Waals surface area contributed by atoms with Gasteiger partial charge in [-0.3, -0.25) is 9.69 Å². The second-order valence-corrected chi connectivity index (χ2v) is 5.67. The van der Waals surface area contributed by atoms with Gasteiger partial charge in [-0.15, -0.1) is 0 Å². The largest absolute Gasteiger partial charge is 0.366 e. The predicted molar refractivity (Wildman–Crippen MR) is 71.3 cm³/mol. The van der Waals surface area contributed by atoms with Crippen LogP contribution in [0.1, 0.15) is 48.0 Å². The Kier molecular flexibility index (Phi) is 2.67. The summed E-state index contributed by atoms with van der Waals surface area (Å²) in [6, 6.07) is 8.62. The lowest BCUT2D eigenvalue weighted by atomic mass is 9.81. The number of piperidine rings is 1. The van der Waals surface area contributed by atoms with E-state index in [1.54, 1.807) is 6.07 Å². The summed E-state index contributed by atoms with van der Waals surface area (Å²) < 4.78 is 0. The van der Waals surface area contributed by atoms with E-state index in [9.17, 15) is 4.79 Å². The Bertz CT molecular complexity index is 481. The van der Waals surface area contributed by atoms with Crippen molar-refractivity contribution >= 4 is 5.91 Å². The highest BCUT2D eigenvalue weighted by Crippen LogP contribution is 2.49. The first kappa shape index (κ1) is 11.7. The molecule has 2 bridgehead atoms. The predicted octanol–water partition coefficient (Wildman–Crippen LogP) is 2.26. The minimum Gasteiger partial charge on any atom is -0.366 e. The van der Waals surface area contributed by atoms with Gasteiger partial charge in [-0.05, 0) is 56.8 Å². The van der Waals surface area contributed by atoms with Gasteiger partial charge in [0, 0.05) is 17.1 Å². The fourth-order valence-electron chi connectivity index (χ4n) is 3.85. The molecular formula is C15H20N2O. The van der Waals surface area contributed by atoms with Gasteiger partial charge in [-0.25, -0.2) is 0 Å². The highest BCUT2D eigenvalue weighted by Gasteiger charge is 2.47. The number of carbonyl (C=O) groups is 1. The van der Waals surface area contributed by atoms with Crippen LogP contribution in [0.3, 0.4) is 0 Å². The van der Waals surface area contributed by atoms with Crippen molar-refractivity contribution in [3.63, 3.8) is 0 Å². The number of nitrogens with zero attached hydrogens (tertiary/aromatic N) is 1. The quantitative estimate of drug-likeness (QED) is 0.867. The molecule has 2 atom stereocenters. The summed E-state index contributed by atoms with van der Waals surface area (Å²) in [4.78, 5) is 13.9. The number of carbonyl (C=O) groups excluding carboxylic acids is 1. The highest BCUT2D eigenvalue weighted by atomic mass is 16.1. The Morgan fingerprint density at radius 1 is 1.39 bits per heavy atom. The maximum atomic E-state index is 11.3. The molecule has 18 heavy (non-hydrogen) atoms. The van der Waals surface area contributed by atoms with Crippen LogP contribution in [0.5, 0.6) is 0 Å². The molecule has 0 aromatic heterocycles. The summed E-state index contributed by atoms with van der Waals surface area (Å²) in [7, 11) is 2.23. The lowest BCUT2D eigenvalue weighted by molar-refractivity contribution is 0.0803. The lowest BCUT2D eigenvalue weighted by Crippen LogP contribution is -2.45. The Morgan fingerprint density at radius 2 is 2.22 bits per heavy atom. The molecule has 2 aliphatic rings. The summed E-state index contributed by atoms with van der Waals surface area (Å²) in [5, 5.41) is 0. The van der Waals surface area contributed by atoms with Crippen LogP contribution in [-0.2, 0) is 5.54 Å². The number of hydrogen-bond donors (Lipinski definition) is 1. The normalized spacial score (nSPS) is 31.5. The molecule has 2 aliphatic heterocycles. The molecule has 2 unspecified atom stereocenters. The van der Waals surface area contributed by atoms with Gasteiger partial charge in [0.15, 0.2) is 0 Å². The second-order valence-electron chi connectivity index (χ2n) is 5.67. The summed E-state index contributed by atoms with van der Waals surface area (Å²) in [6.45, 7) is 0. The second kappa shape index (κ2) is 4.09. The van der Waals surface area contributed by atoms with Crippen molar-refractivity contribution in [2.75, 3.05) is 7.05 Å². The molecule has 1 aromatic rings. The Hall–Kier alpha value is -1.35. The third-order valence-electron chi connectivity index (χ3n) is 4.93. The van der Waals surface area contributed by atoms with E-state index in [1.165, 1.54) is 37.7 Å². The molecule has 3 nitrogen and oxygen atoms in total. The van der Waals surface area contributed by atoms with Crippen molar-refractivity contribution in [3.05, 3.63) is 35.4 Å². The van der Waals surface area contributed by atoms with E-state index in [4.69, 9.17) is 5.73 Å². The molecule has 0 spiro atoms. The first-order valence-electron chi connectivity index (χ1n) is 6.77.